The lowest BCUT2D eigenvalue weighted by atomic mass is 9.88. The fraction of sp³-hybridized carbons (Fsp3) is 0. The lowest BCUT2D eigenvalue weighted by Crippen LogP contribution is -1.94. The zero-order valence-corrected chi connectivity index (χ0v) is 57.2. The molecule has 18 aromatic carbocycles. The first-order chi connectivity index (χ1) is 52.5. The van der Waals surface area contributed by atoms with Crippen LogP contribution in [0.3, 0.4) is 0 Å². The van der Waals surface area contributed by atoms with Crippen molar-refractivity contribution < 1.29 is 8.83 Å². The van der Waals surface area contributed by atoms with Crippen molar-refractivity contribution in [1.82, 2.24) is 19.9 Å². The third-order valence-corrected chi connectivity index (χ3v) is 21.4. The summed E-state index contributed by atoms with van der Waals surface area (Å²) in [5.74, 6) is 1.22. The van der Waals surface area contributed by atoms with Gasteiger partial charge < -0.3 is 8.83 Å². The van der Waals surface area contributed by atoms with Crippen molar-refractivity contribution in [2.45, 2.75) is 0 Å². The number of para-hydroxylation sites is 2. The molecule has 0 saturated carbocycles. The monoisotopic (exact) mass is 1350 g/mol. The normalized spacial score (nSPS) is 11.8. The Labute approximate surface area is 609 Å². The van der Waals surface area contributed by atoms with E-state index in [4.69, 9.17) is 28.8 Å². The van der Waals surface area contributed by atoms with Crippen LogP contribution in [0.1, 0.15) is 0 Å². The molecule has 0 saturated heterocycles. The number of hydrogen-bond acceptors (Lipinski definition) is 6. The summed E-state index contributed by atoms with van der Waals surface area (Å²) in [4.78, 5) is 20.7. The van der Waals surface area contributed by atoms with Crippen LogP contribution in [-0.4, -0.2) is 19.9 Å². The van der Waals surface area contributed by atoms with Crippen LogP contribution in [0.15, 0.2) is 373 Å². The lowest BCUT2D eigenvalue weighted by Gasteiger charge is -2.17. The lowest BCUT2D eigenvalue weighted by molar-refractivity contribution is 0.620. The minimum absolute atomic E-state index is 0.605. The number of aromatic nitrogens is 4. The topological polar surface area (TPSA) is 77.8 Å². The predicted octanol–water partition coefficient (Wildman–Crippen LogP) is 27.3. The van der Waals surface area contributed by atoms with Crippen LogP contribution in [0.5, 0.6) is 0 Å². The summed E-state index contributed by atoms with van der Waals surface area (Å²) >= 11 is 0. The summed E-state index contributed by atoms with van der Waals surface area (Å²) in [6.45, 7) is 0. The van der Waals surface area contributed by atoms with E-state index >= 15 is 0 Å². The van der Waals surface area contributed by atoms with Crippen molar-refractivity contribution in [3.8, 4) is 89.9 Å². The molecule has 6 nitrogen and oxygen atoms in total. The molecule has 4 heterocycles. The summed E-state index contributed by atoms with van der Waals surface area (Å²) in [6.07, 6.45) is 0. The minimum Gasteiger partial charge on any atom is -0.436 e. The molecule has 22 rings (SSSR count). The molecule has 0 aliphatic carbocycles. The highest BCUT2D eigenvalue weighted by molar-refractivity contribution is 6.24. The fourth-order valence-electron chi connectivity index (χ4n) is 16.3. The third-order valence-electron chi connectivity index (χ3n) is 21.4. The van der Waals surface area contributed by atoms with Crippen molar-refractivity contribution in [2.75, 3.05) is 0 Å². The number of fused-ring (bicyclic) bond motifs is 17. The van der Waals surface area contributed by atoms with Gasteiger partial charge in [0.25, 0.3) is 0 Å². The Balaban J connectivity index is 0.000000138. The minimum atomic E-state index is 0.605. The van der Waals surface area contributed by atoms with E-state index in [1.165, 1.54) is 98.0 Å². The van der Waals surface area contributed by atoms with Crippen molar-refractivity contribution in [2.24, 2.45) is 0 Å². The first-order valence-electron chi connectivity index (χ1n) is 36.0. The maximum Gasteiger partial charge on any atom is 0.227 e. The molecule has 492 valence electrons. The van der Waals surface area contributed by atoms with Gasteiger partial charge in [0.1, 0.15) is 11.0 Å². The summed E-state index contributed by atoms with van der Waals surface area (Å²) in [5.41, 5.74) is 20.6. The molecule has 0 atom stereocenters. The van der Waals surface area contributed by atoms with Crippen LogP contribution < -0.4 is 0 Å². The smallest absolute Gasteiger partial charge is 0.227 e. The molecule has 0 unspecified atom stereocenters. The molecular formula is C100H60N4O2. The quantitative estimate of drug-likeness (QED) is 0.141. The van der Waals surface area contributed by atoms with E-state index in [2.05, 4.69) is 340 Å². The van der Waals surface area contributed by atoms with Gasteiger partial charge in [-0.3, -0.25) is 0 Å². The zero-order valence-electron chi connectivity index (χ0n) is 57.2. The Kier molecular flexibility index (Phi) is 14.2. The number of rotatable bonds is 8. The van der Waals surface area contributed by atoms with Crippen LogP contribution in [0.25, 0.3) is 220 Å². The van der Waals surface area contributed by atoms with E-state index in [1.54, 1.807) is 0 Å². The standard InChI is InChI=1S/C54H32N2O.C46H28N2O/c1-3-17-37-33(13-1)15-11-25-39(37)47-31-49-48(40-26-12-16-34-14-2-4-18-38(34)40)32-50(55-51(49)44-22-8-6-21-43(44)47)35-27-29-36(30-28-35)54-56-52-45-23-9-5-19-41(45)42-20-7-10-24-46(42)53(52)57-54;1-3-15-33-29(11-1)13-9-19-35(33)39-27-41-40(36-20-10-14-30-12-2-4-16-34(30)36)28-43(47-45(41)38-18-6-5-17-37(38)39)31-23-25-32(26-24-31)46-48-42-21-7-8-22-44(42)49-46/h1-32H;1-28H. The second-order valence-corrected chi connectivity index (χ2v) is 27.4. The molecule has 0 N–H and O–H groups in total. The largest absolute Gasteiger partial charge is 0.436 e. The van der Waals surface area contributed by atoms with Gasteiger partial charge in [-0.25, -0.2) is 19.9 Å². The van der Waals surface area contributed by atoms with Crippen molar-refractivity contribution in [1.29, 1.82) is 0 Å². The predicted molar refractivity (Wildman–Crippen MR) is 442 cm³/mol. The van der Waals surface area contributed by atoms with Gasteiger partial charge in [0.15, 0.2) is 11.2 Å². The van der Waals surface area contributed by atoms with Gasteiger partial charge in [0, 0.05) is 54.6 Å². The second-order valence-electron chi connectivity index (χ2n) is 27.4. The molecule has 0 spiro atoms. The van der Waals surface area contributed by atoms with Gasteiger partial charge in [-0.1, -0.05) is 303 Å². The molecule has 0 amide bonds. The van der Waals surface area contributed by atoms with Gasteiger partial charge in [-0.15, -0.1) is 0 Å². The van der Waals surface area contributed by atoms with E-state index in [9.17, 15) is 0 Å². The number of oxazole rings is 2. The van der Waals surface area contributed by atoms with Gasteiger partial charge in [0.05, 0.1) is 22.4 Å². The number of hydrogen-bond donors (Lipinski definition) is 0. The average molecular weight is 1350 g/mol. The van der Waals surface area contributed by atoms with Gasteiger partial charge in [0.2, 0.25) is 11.8 Å². The molecule has 22 aromatic rings. The summed E-state index contributed by atoms with van der Waals surface area (Å²) < 4.78 is 12.7. The number of benzene rings is 18. The van der Waals surface area contributed by atoms with Crippen molar-refractivity contribution >= 4 is 130 Å². The van der Waals surface area contributed by atoms with Crippen molar-refractivity contribution in [3.05, 3.63) is 364 Å². The fourth-order valence-corrected chi connectivity index (χ4v) is 16.3. The molecule has 106 heavy (non-hydrogen) atoms. The SMILES string of the molecule is c1ccc2c(-c3cc4c(-c5cccc6ccccc56)cc(-c5ccc(-c6nc7c8ccccc8c8ccccc8c7o6)cc5)nc4c4ccccc34)cccc2c1.c1ccc2c(-c3cc4c(-c5cccc6ccccc56)cc(-c5ccc(-c6nc7ccccc7o6)cc5)nc4c4ccccc34)cccc2c1. The number of nitrogens with zero attached hydrogens (tertiary/aromatic N) is 4. The highest BCUT2D eigenvalue weighted by atomic mass is 16.4. The Morgan fingerprint density at radius 1 is 0.179 bits per heavy atom. The van der Waals surface area contributed by atoms with Crippen LogP contribution in [0.4, 0.5) is 0 Å². The van der Waals surface area contributed by atoms with E-state index in [-0.39, 0.29) is 0 Å². The van der Waals surface area contributed by atoms with E-state index in [1.807, 2.05) is 24.3 Å². The Morgan fingerprint density at radius 3 is 0.915 bits per heavy atom. The Morgan fingerprint density at radius 2 is 0.491 bits per heavy atom. The highest BCUT2D eigenvalue weighted by Gasteiger charge is 2.23. The van der Waals surface area contributed by atoms with Crippen LogP contribution in [-0.2, 0) is 0 Å². The molecule has 6 heteroatoms. The Hall–Kier alpha value is -14.2. The summed E-state index contributed by atoms with van der Waals surface area (Å²) in [5, 5.41) is 21.2. The molecular weight excluding hydrogens is 1290 g/mol. The average Bonchev–Trinajstić information content (AvgIpc) is 0.870. The molecule has 0 bridgehead atoms. The van der Waals surface area contributed by atoms with Crippen LogP contribution in [0, 0.1) is 0 Å². The summed E-state index contributed by atoms with van der Waals surface area (Å²) in [6, 6.07) is 129. The van der Waals surface area contributed by atoms with Gasteiger partial charge >= 0.3 is 0 Å². The van der Waals surface area contributed by atoms with E-state index in [0.717, 1.165) is 110 Å². The first-order valence-corrected chi connectivity index (χ1v) is 36.0. The van der Waals surface area contributed by atoms with Crippen molar-refractivity contribution in [3.63, 3.8) is 0 Å². The highest BCUT2D eigenvalue weighted by Crippen LogP contribution is 2.47. The van der Waals surface area contributed by atoms with E-state index in [0.29, 0.717) is 11.8 Å². The van der Waals surface area contributed by atoms with Crippen LogP contribution in [0.2, 0.25) is 0 Å². The van der Waals surface area contributed by atoms with Crippen LogP contribution >= 0.6 is 0 Å². The third kappa shape index (κ3) is 10.1. The molecule has 4 aromatic heterocycles. The molecule has 0 aliphatic heterocycles. The maximum absolute atomic E-state index is 6.59. The molecule has 0 radical (unpaired) electrons. The zero-order chi connectivity index (χ0) is 69.8. The maximum atomic E-state index is 6.59. The molecule has 0 fully saturated rings. The second kappa shape index (κ2) is 24.8. The Bertz CT molecular complexity index is 7210. The van der Waals surface area contributed by atoms with Gasteiger partial charge in [-0.05, 0) is 170 Å². The molecule has 0 aliphatic rings. The first kappa shape index (κ1) is 60.6. The van der Waals surface area contributed by atoms with Gasteiger partial charge in [-0.2, -0.15) is 0 Å². The van der Waals surface area contributed by atoms with E-state index < -0.39 is 0 Å². The number of pyridine rings is 2. The summed E-state index contributed by atoms with van der Waals surface area (Å²) in [7, 11) is 0.